The number of carbonyl (C=O) groups excluding carboxylic acids is 1. The van der Waals surface area contributed by atoms with Gasteiger partial charge in [0.05, 0.1) is 6.07 Å². The van der Waals surface area contributed by atoms with Crippen molar-refractivity contribution in [1.82, 2.24) is 0 Å². The molecule has 0 bridgehead atoms. The molecular formula is C16H10Cl3NO. The fourth-order valence-corrected chi connectivity index (χ4v) is 2.86. The summed E-state index contributed by atoms with van der Waals surface area (Å²) >= 11 is 18.2. The van der Waals surface area contributed by atoms with Crippen molar-refractivity contribution in [3.8, 4) is 6.07 Å². The molecule has 0 aliphatic rings. The van der Waals surface area contributed by atoms with Crippen molar-refractivity contribution < 1.29 is 4.79 Å². The number of nitriles is 1. The van der Waals surface area contributed by atoms with E-state index < -0.39 is 5.92 Å². The predicted octanol–water partition coefficient (Wildman–Crippen LogP) is 5.45. The van der Waals surface area contributed by atoms with Gasteiger partial charge in [-0.3, -0.25) is 4.79 Å². The minimum atomic E-state index is -1.07. The van der Waals surface area contributed by atoms with Crippen LogP contribution in [0.1, 0.15) is 27.4 Å². The molecule has 0 saturated heterocycles. The van der Waals surface area contributed by atoms with Crippen LogP contribution in [0.5, 0.6) is 0 Å². The molecular weight excluding hydrogens is 329 g/mol. The molecule has 0 spiro atoms. The molecule has 2 rings (SSSR count). The van der Waals surface area contributed by atoms with Crippen molar-refractivity contribution in [3.05, 3.63) is 68.2 Å². The quantitative estimate of drug-likeness (QED) is 0.699. The molecule has 2 aromatic carbocycles. The maximum atomic E-state index is 12.7. The lowest BCUT2D eigenvalue weighted by atomic mass is 9.90. The van der Waals surface area contributed by atoms with E-state index in [1.807, 2.05) is 6.07 Å². The van der Waals surface area contributed by atoms with Gasteiger partial charge in [-0.25, -0.2) is 0 Å². The van der Waals surface area contributed by atoms with Gasteiger partial charge >= 0.3 is 0 Å². The summed E-state index contributed by atoms with van der Waals surface area (Å²) in [4.78, 5) is 12.7. The minimum absolute atomic E-state index is 0.294. The van der Waals surface area contributed by atoms with E-state index in [9.17, 15) is 10.1 Å². The zero-order valence-electron chi connectivity index (χ0n) is 11.0. The van der Waals surface area contributed by atoms with E-state index in [0.717, 1.165) is 0 Å². The van der Waals surface area contributed by atoms with E-state index in [4.69, 9.17) is 34.8 Å². The van der Waals surface area contributed by atoms with Crippen LogP contribution in [-0.4, -0.2) is 5.78 Å². The third kappa shape index (κ3) is 3.06. The Morgan fingerprint density at radius 3 is 2.14 bits per heavy atom. The van der Waals surface area contributed by atoms with Gasteiger partial charge in [-0.1, -0.05) is 53.0 Å². The summed E-state index contributed by atoms with van der Waals surface area (Å²) in [6.07, 6.45) is 0. The minimum Gasteiger partial charge on any atom is -0.292 e. The number of hydrogen-bond donors (Lipinski definition) is 0. The highest BCUT2D eigenvalue weighted by atomic mass is 35.5. The van der Waals surface area contributed by atoms with Crippen LogP contribution in [0.4, 0.5) is 0 Å². The van der Waals surface area contributed by atoms with E-state index in [1.54, 1.807) is 43.3 Å². The van der Waals surface area contributed by atoms with Crippen LogP contribution in [0, 0.1) is 18.3 Å². The van der Waals surface area contributed by atoms with E-state index >= 15 is 0 Å². The van der Waals surface area contributed by atoms with Gasteiger partial charge in [0.2, 0.25) is 0 Å². The Bertz CT molecular complexity index is 729. The third-order valence-electron chi connectivity index (χ3n) is 3.21. The molecule has 0 saturated carbocycles. The number of benzene rings is 2. The summed E-state index contributed by atoms with van der Waals surface area (Å²) in [6.45, 7) is 1.73. The van der Waals surface area contributed by atoms with Gasteiger partial charge in [0.1, 0.15) is 5.92 Å². The van der Waals surface area contributed by atoms with Gasteiger partial charge in [0.25, 0.3) is 0 Å². The Balaban J connectivity index is 2.55. The second-order valence-corrected chi connectivity index (χ2v) is 5.70. The first-order chi connectivity index (χ1) is 9.97. The Morgan fingerprint density at radius 2 is 1.57 bits per heavy atom. The summed E-state index contributed by atoms with van der Waals surface area (Å²) in [5.41, 5.74) is 1.35. The average molecular weight is 339 g/mol. The molecule has 0 fully saturated rings. The van der Waals surface area contributed by atoms with E-state index in [-0.39, 0.29) is 5.78 Å². The molecule has 21 heavy (non-hydrogen) atoms. The summed E-state index contributed by atoms with van der Waals surface area (Å²) in [5.74, 6) is -1.43. The number of hydrogen-bond acceptors (Lipinski definition) is 2. The van der Waals surface area contributed by atoms with Crippen molar-refractivity contribution in [2.45, 2.75) is 12.8 Å². The van der Waals surface area contributed by atoms with Crippen molar-refractivity contribution >= 4 is 40.6 Å². The summed E-state index contributed by atoms with van der Waals surface area (Å²) < 4.78 is 0. The molecule has 5 heteroatoms. The average Bonchev–Trinajstić information content (AvgIpc) is 2.45. The maximum Gasteiger partial charge on any atom is 0.184 e. The Kier molecular flexibility index (Phi) is 4.90. The number of carbonyl (C=O) groups is 1. The van der Waals surface area contributed by atoms with Crippen LogP contribution < -0.4 is 0 Å². The first kappa shape index (κ1) is 15.9. The van der Waals surface area contributed by atoms with E-state index in [1.165, 1.54) is 0 Å². The number of rotatable bonds is 3. The highest BCUT2D eigenvalue weighted by Gasteiger charge is 2.27. The second-order valence-electron chi connectivity index (χ2n) is 4.47. The van der Waals surface area contributed by atoms with Gasteiger partial charge < -0.3 is 0 Å². The molecule has 0 heterocycles. The van der Waals surface area contributed by atoms with Gasteiger partial charge in [-0.2, -0.15) is 5.26 Å². The molecule has 0 aromatic heterocycles. The molecule has 2 aromatic rings. The van der Waals surface area contributed by atoms with Crippen molar-refractivity contribution in [1.29, 1.82) is 5.26 Å². The van der Waals surface area contributed by atoms with Crippen molar-refractivity contribution in [2.75, 3.05) is 0 Å². The largest absolute Gasteiger partial charge is 0.292 e. The number of Topliss-reactive ketones (excluding diaryl/α,β-unsaturated/α-hetero) is 1. The lowest BCUT2D eigenvalue weighted by Gasteiger charge is -2.14. The number of halogens is 3. The summed E-state index contributed by atoms with van der Waals surface area (Å²) in [7, 11) is 0. The molecule has 1 unspecified atom stereocenters. The smallest absolute Gasteiger partial charge is 0.184 e. The van der Waals surface area contributed by atoms with Crippen LogP contribution >= 0.6 is 34.8 Å². The topological polar surface area (TPSA) is 40.9 Å². The van der Waals surface area contributed by atoms with Crippen molar-refractivity contribution in [3.63, 3.8) is 0 Å². The Hall–Kier alpha value is -1.53. The standard InChI is InChI=1S/C16H10Cl3NO/c1-9-10(4-2-5-12(9)17)16(21)11(8-20)15-13(18)6-3-7-14(15)19/h2-7,11H,1H3. The van der Waals surface area contributed by atoms with Gasteiger partial charge in [-0.05, 0) is 30.7 Å². The predicted molar refractivity (Wildman–Crippen MR) is 85.3 cm³/mol. The van der Waals surface area contributed by atoms with Crippen molar-refractivity contribution in [2.24, 2.45) is 0 Å². The van der Waals surface area contributed by atoms with Crippen LogP contribution in [-0.2, 0) is 0 Å². The molecule has 1 atom stereocenters. The highest BCUT2D eigenvalue weighted by Crippen LogP contribution is 2.34. The Morgan fingerprint density at radius 1 is 1.05 bits per heavy atom. The second kappa shape index (κ2) is 6.49. The fourth-order valence-electron chi connectivity index (χ4n) is 2.07. The normalized spacial score (nSPS) is 11.8. The van der Waals surface area contributed by atoms with E-state index in [0.29, 0.717) is 31.8 Å². The third-order valence-corrected chi connectivity index (χ3v) is 4.28. The molecule has 106 valence electrons. The lowest BCUT2D eigenvalue weighted by Crippen LogP contribution is -2.13. The fraction of sp³-hybridized carbons (Fsp3) is 0.125. The van der Waals surface area contributed by atoms with Crippen LogP contribution in [0.25, 0.3) is 0 Å². The van der Waals surface area contributed by atoms with Gasteiger partial charge in [-0.15, -0.1) is 0 Å². The first-order valence-corrected chi connectivity index (χ1v) is 7.23. The molecule has 0 amide bonds. The first-order valence-electron chi connectivity index (χ1n) is 6.10. The lowest BCUT2D eigenvalue weighted by molar-refractivity contribution is 0.0978. The van der Waals surface area contributed by atoms with E-state index in [2.05, 4.69) is 0 Å². The molecule has 0 N–H and O–H groups in total. The molecule has 0 aliphatic heterocycles. The molecule has 0 aliphatic carbocycles. The van der Waals surface area contributed by atoms with Crippen LogP contribution in [0.3, 0.4) is 0 Å². The monoisotopic (exact) mass is 337 g/mol. The van der Waals surface area contributed by atoms with Gasteiger partial charge in [0, 0.05) is 26.2 Å². The SMILES string of the molecule is Cc1c(Cl)cccc1C(=O)C(C#N)c1c(Cl)cccc1Cl. The Labute approximate surface area is 137 Å². The maximum absolute atomic E-state index is 12.7. The summed E-state index contributed by atoms with van der Waals surface area (Å²) in [5, 5.41) is 10.5. The number of nitrogens with zero attached hydrogens (tertiary/aromatic N) is 1. The van der Waals surface area contributed by atoms with Gasteiger partial charge in [0.15, 0.2) is 5.78 Å². The summed E-state index contributed by atoms with van der Waals surface area (Å²) in [6, 6.07) is 11.9. The van der Waals surface area contributed by atoms with Crippen LogP contribution in [0.2, 0.25) is 15.1 Å². The highest BCUT2D eigenvalue weighted by molar-refractivity contribution is 6.37. The molecule has 2 nitrogen and oxygen atoms in total. The zero-order chi connectivity index (χ0) is 15.6. The van der Waals surface area contributed by atoms with Crippen LogP contribution in [0.15, 0.2) is 36.4 Å². The zero-order valence-corrected chi connectivity index (χ0v) is 13.3. The molecule has 0 radical (unpaired) electrons. The number of ketones is 1.